The van der Waals surface area contributed by atoms with Gasteiger partial charge in [0.15, 0.2) is 0 Å². The quantitative estimate of drug-likeness (QED) is 0.931. The van der Waals surface area contributed by atoms with Gasteiger partial charge >= 0.3 is 0 Å². The van der Waals surface area contributed by atoms with Crippen molar-refractivity contribution in [2.45, 2.75) is 44.9 Å². The molecule has 0 saturated carbocycles. The lowest BCUT2D eigenvalue weighted by atomic mass is 10.1. The Kier molecular flexibility index (Phi) is 4.40. The molecule has 1 aromatic rings. The molecular weight excluding hydrogens is 294 g/mol. The minimum atomic E-state index is -0.280. The highest BCUT2D eigenvalue weighted by Crippen LogP contribution is 2.21. The summed E-state index contributed by atoms with van der Waals surface area (Å²) in [7, 11) is 0. The van der Waals surface area contributed by atoms with Crippen LogP contribution < -0.4 is 5.32 Å². The van der Waals surface area contributed by atoms with Gasteiger partial charge in [0, 0.05) is 4.47 Å². The van der Waals surface area contributed by atoms with Gasteiger partial charge in [-0.05, 0) is 44.4 Å². The molecule has 1 saturated heterocycles. The molecule has 1 fully saturated rings. The Morgan fingerprint density at radius 2 is 2.06 bits per heavy atom. The van der Waals surface area contributed by atoms with Crippen LogP contribution in [0.3, 0.4) is 0 Å². The number of hydrogen-bond acceptors (Lipinski definition) is 2. The highest BCUT2D eigenvalue weighted by Gasteiger charge is 2.28. The fraction of sp³-hybridized carbons (Fsp3) is 0.500. The van der Waals surface area contributed by atoms with Gasteiger partial charge in [0.05, 0.1) is 12.1 Å². The van der Waals surface area contributed by atoms with Crippen LogP contribution in [0.5, 0.6) is 0 Å². The van der Waals surface area contributed by atoms with Crippen LogP contribution in [0.4, 0.5) is 0 Å². The molecule has 0 bridgehead atoms. The second-order valence-electron chi connectivity index (χ2n) is 4.79. The first-order valence-corrected chi connectivity index (χ1v) is 7.07. The molecule has 0 aromatic heterocycles. The first-order chi connectivity index (χ1) is 8.56. The third-order valence-corrected chi connectivity index (χ3v) is 3.78. The molecule has 1 heterocycles. The van der Waals surface area contributed by atoms with Crippen LogP contribution in [0, 0.1) is 0 Å². The van der Waals surface area contributed by atoms with E-state index in [4.69, 9.17) is 4.74 Å². The largest absolute Gasteiger partial charge is 0.365 e. The molecule has 18 heavy (non-hydrogen) atoms. The monoisotopic (exact) mass is 311 g/mol. The Morgan fingerprint density at radius 1 is 1.39 bits per heavy atom. The van der Waals surface area contributed by atoms with Gasteiger partial charge in [-0.3, -0.25) is 4.79 Å². The molecule has 1 aromatic carbocycles. The molecule has 1 N–H and O–H groups in total. The summed E-state index contributed by atoms with van der Waals surface area (Å²) < 4.78 is 6.60. The van der Waals surface area contributed by atoms with E-state index in [1.54, 1.807) is 0 Å². The number of carbonyl (C=O) groups excluding carboxylic acids is 1. The van der Waals surface area contributed by atoms with Crippen LogP contribution in [0.25, 0.3) is 0 Å². The first kappa shape index (κ1) is 13.6. The smallest absolute Gasteiger partial charge is 0.249 e. The standard InChI is InChI=1S/C14H18BrNO2/c1-9-3-8-13(18-9)14(17)16-10(2)11-4-6-12(15)7-5-11/h4-7,9-10,13H,3,8H2,1-2H3,(H,16,17). The minimum absolute atomic E-state index is 0.00473. The molecule has 3 nitrogen and oxygen atoms in total. The summed E-state index contributed by atoms with van der Waals surface area (Å²) in [5.74, 6) is -0.00484. The number of amides is 1. The second kappa shape index (κ2) is 5.85. The zero-order chi connectivity index (χ0) is 13.1. The Hall–Kier alpha value is -0.870. The highest BCUT2D eigenvalue weighted by molar-refractivity contribution is 9.10. The summed E-state index contributed by atoms with van der Waals surface area (Å²) in [6.45, 7) is 3.99. The Balaban J connectivity index is 1.92. The highest BCUT2D eigenvalue weighted by atomic mass is 79.9. The van der Waals surface area contributed by atoms with Gasteiger partial charge in [-0.2, -0.15) is 0 Å². The number of ether oxygens (including phenoxy) is 1. The summed E-state index contributed by atoms with van der Waals surface area (Å²) in [4.78, 5) is 12.0. The summed E-state index contributed by atoms with van der Waals surface area (Å²) in [5.41, 5.74) is 1.09. The van der Waals surface area contributed by atoms with Gasteiger partial charge in [-0.1, -0.05) is 28.1 Å². The Labute approximate surface area is 116 Å². The maximum atomic E-state index is 12.0. The zero-order valence-corrected chi connectivity index (χ0v) is 12.2. The number of benzene rings is 1. The molecule has 2 rings (SSSR count). The van der Waals surface area contributed by atoms with Crippen molar-refractivity contribution in [1.82, 2.24) is 5.32 Å². The molecule has 1 aliphatic heterocycles. The SMILES string of the molecule is CC1CCC(C(=O)NC(C)c2ccc(Br)cc2)O1. The van der Waals surface area contributed by atoms with Crippen LogP contribution >= 0.6 is 15.9 Å². The molecule has 1 amide bonds. The van der Waals surface area contributed by atoms with Crippen molar-refractivity contribution in [2.24, 2.45) is 0 Å². The lowest BCUT2D eigenvalue weighted by Crippen LogP contribution is -2.36. The summed E-state index contributed by atoms with van der Waals surface area (Å²) in [6, 6.07) is 7.98. The molecule has 0 spiro atoms. The first-order valence-electron chi connectivity index (χ1n) is 6.27. The van der Waals surface area contributed by atoms with Gasteiger partial charge in [0.25, 0.3) is 0 Å². The Bertz CT molecular complexity index is 418. The van der Waals surface area contributed by atoms with E-state index >= 15 is 0 Å². The normalized spacial score (nSPS) is 24.8. The number of nitrogens with one attached hydrogen (secondary N) is 1. The van der Waals surface area contributed by atoms with Gasteiger partial charge < -0.3 is 10.1 Å². The van der Waals surface area contributed by atoms with Crippen molar-refractivity contribution < 1.29 is 9.53 Å². The van der Waals surface area contributed by atoms with Gasteiger partial charge in [-0.25, -0.2) is 0 Å². The van der Waals surface area contributed by atoms with E-state index in [1.165, 1.54) is 0 Å². The number of hydrogen-bond donors (Lipinski definition) is 1. The molecule has 1 aliphatic rings. The van der Waals surface area contributed by atoms with Crippen molar-refractivity contribution in [2.75, 3.05) is 0 Å². The van der Waals surface area contributed by atoms with E-state index in [-0.39, 0.29) is 24.2 Å². The van der Waals surface area contributed by atoms with E-state index in [9.17, 15) is 4.79 Å². The fourth-order valence-corrected chi connectivity index (χ4v) is 2.40. The maximum Gasteiger partial charge on any atom is 0.249 e. The minimum Gasteiger partial charge on any atom is -0.365 e. The maximum absolute atomic E-state index is 12.0. The van der Waals surface area contributed by atoms with Gasteiger partial charge in [0.2, 0.25) is 5.91 Å². The van der Waals surface area contributed by atoms with E-state index in [1.807, 2.05) is 38.1 Å². The summed E-state index contributed by atoms with van der Waals surface area (Å²) in [5, 5.41) is 3.00. The average molecular weight is 312 g/mol. The van der Waals surface area contributed by atoms with Crippen LogP contribution in [0.15, 0.2) is 28.7 Å². The molecule has 3 unspecified atom stereocenters. The summed E-state index contributed by atoms with van der Waals surface area (Å²) in [6.07, 6.45) is 1.70. The average Bonchev–Trinajstić information content (AvgIpc) is 2.76. The summed E-state index contributed by atoms with van der Waals surface area (Å²) >= 11 is 3.40. The van der Waals surface area contributed by atoms with Crippen molar-refractivity contribution in [3.8, 4) is 0 Å². The van der Waals surface area contributed by atoms with Crippen LogP contribution in [-0.4, -0.2) is 18.1 Å². The fourth-order valence-electron chi connectivity index (χ4n) is 2.14. The van der Waals surface area contributed by atoms with Crippen LogP contribution in [-0.2, 0) is 9.53 Å². The van der Waals surface area contributed by atoms with Crippen LogP contribution in [0.2, 0.25) is 0 Å². The number of carbonyl (C=O) groups is 1. The molecule has 4 heteroatoms. The molecule has 0 aliphatic carbocycles. The third-order valence-electron chi connectivity index (χ3n) is 3.25. The van der Waals surface area contributed by atoms with E-state index < -0.39 is 0 Å². The van der Waals surface area contributed by atoms with Crippen LogP contribution in [0.1, 0.15) is 38.3 Å². The molecule has 0 radical (unpaired) electrons. The van der Waals surface area contributed by atoms with E-state index in [0.29, 0.717) is 0 Å². The van der Waals surface area contributed by atoms with E-state index in [2.05, 4.69) is 21.2 Å². The predicted octanol–water partition coefficient (Wildman–Crippen LogP) is 3.19. The van der Waals surface area contributed by atoms with Crippen molar-refractivity contribution in [3.63, 3.8) is 0 Å². The zero-order valence-electron chi connectivity index (χ0n) is 10.7. The molecule has 3 atom stereocenters. The predicted molar refractivity (Wildman–Crippen MR) is 74.3 cm³/mol. The van der Waals surface area contributed by atoms with Gasteiger partial charge in [0.1, 0.15) is 6.10 Å². The lowest BCUT2D eigenvalue weighted by Gasteiger charge is -2.17. The molecular formula is C14H18BrNO2. The third kappa shape index (κ3) is 3.33. The topological polar surface area (TPSA) is 38.3 Å². The molecule has 98 valence electrons. The van der Waals surface area contributed by atoms with Gasteiger partial charge in [-0.15, -0.1) is 0 Å². The lowest BCUT2D eigenvalue weighted by molar-refractivity contribution is -0.132. The van der Waals surface area contributed by atoms with Crippen molar-refractivity contribution in [1.29, 1.82) is 0 Å². The Morgan fingerprint density at radius 3 is 2.61 bits per heavy atom. The van der Waals surface area contributed by atoms with Crippen molar-refractivity contribution >= 4 is 21.8 Å². The number of halogens is 1. The second-order valence-corrected chi connectivity index (χ2v) is 5.71. The number of rotatable bonds is 3. The van der Waals surface area contributed by atoms with E-state index in [0.717, 1.165) is 22.9 Å². The van der Waals surface area contributed by atoms with Crippen molar-refractivity contribution in [3.05, 3.63) is 34.3 Å².